The number of nitrogens with one attached hydrogen (secondary N) is 2. The van der Waals surface area contributed by atoms with Crippen molar-refractivity contribution < 1.29 is 24.2 Å². The average Bonchev–Trinajstić information content (AvgIpc) is 3.43. The minimum absolute atomic E-state index is 0.0111. The molecule has 4 rings (SSSR count). The van der Waals surface area contributed by atoms with E-state index in [4.69, 9.17) is 9.84 Å². The molecule has 0 heterocycles. The Bertz CT molecular complexity index is 1010. The lowest BCUT2D eigenvalue weighted by Gasteiger charge is -2.19. The van der Waals surface area contributed by atoms with Gasteiger partial charge in [-0.05, 0) is 54.4 Å². The van der Waals surface area contributed by atoms with Crippen LogP contribution in [-0.4, -0.2) is 41.8 Å². The predicted octanol–water partition coefficient (Wildman–Crippen LogP) is 4.45. The molecule has 1 saturated carbocycles. The number of aliphatic carboxylic acids is 1. The van der Waals surface area contributed by atoms with Crippen molar-refractivity contribution in [3.05, 3.63) is 59.7 Å². The summed E-state index contributed by atoms with van der Waals surface area (Å²) in [5.41, 5.74) is 4.71. The van der Waals surface area contributed by atoms with Crippen LogP contribution in [0.3, 0.4) is 0 Å². The lowest BCUT2D eigenvalue weighted by atomic mass is 9.98. The van der Waals surface area contributed by atoms with Crippen LogP contribution in [0.5, 0.6) is 0 Å². The van der Waals surface area contributed by atoms with Crippen LogP contribution in [0.2, 0.25) is 0 Å². The molecule has 0 aromatic heterocycles. The summed E-state index contributed by atoms with van der Waals surface area (Å²) in [4.78, 5) is 36.0. The third-order valence-electron chi connectivity index (χ3n) is 7.01. The number of carboxylic acids is 1. The maximum atomic E-state index is 12.6. The smallest absolute Gasteiger partial charge is 0.407 e. The Morgan fingerprint density at radius 1 is 1.03 bits per heavy atom. The average molecular weight is 465 g/mol. The van der Waals surface area contributed by atoms with Crippen LogP contribution in [-0.2, 0) is 14.3 Å². The van der Waals surface area contributed by atoms with Gasteiger partial charge in [-0.2, -0.15) is 0 Å². The molecule has 2 aromatic carbocycles. The standard InChI is InChI=1S/C27H32N2O5/c1-2-18(13-14-25(30)31)28-26(32)17-11-12-19(15-17)29-27(33)34-16-24-22-9-5-3-7-20(22)21-8-4-6-10-23(21)24/h3-10,17-19,24H,2,11-16H2,1H3,(H,28,32)(H,29,33)(H,30,31). The Kier molecular flexibility index (Phi) is 7.50. The zero-order chi connectivity index (χ0) is 24.1. The Morgan fingerprint density at radius 3 is 2.29 bits per heavy atom. The van der Waals surface area contributed by atoms with E-state index in [2.05, 4.69) is 34.9 Å². The zero-order valence-corrected chi connectivity index (χ0v) is 19.5. The van der Waals surface area contributed by atoms with Gasteiger partial charge in [0.2, 0.25) is 5.91 Å². The van der Waals surface area contributed by atoms with E-state index in [0.29, 0.717) is 32.1 Å². The monoisotopic (exact) mass is 464 g/mol. The number of fused-ring (bicyclic) bond motifs is 3. The second-order valence-electron chi connectivity index (χ2n) is 9.22. The third kappa shape index (κ3) is 5.41. The lowest BCUT2D eigenvalue weighted by Crippen LogP contribution is -2.39. The van der Waals surface area contributed by atoms with Gasteiger partial charge in [-0.25, -0.2) is 4.79 Å². The lowest BCUT2D eigenvalue weighted by molar-refractivity contribution is -0.137. The third-order valence-corrected chi connectivity index (χ3v) is 7.01. The van der Waals surface area contributed by atoms with Crippen molar-refractivity contribution in [3.8, 4) is 11.1 Å². The van der Waals surface area contributed by atoms with Gasteiger partial charge in [-0.3, -0.25) is 9.59 Å². The van der Waals surface area contributed by atoms with Gasteiger partial charge >= 0.3 is 12.1 Å². The van der Waals surface area contributed by atoms with E-state index >= 15 is 0 Å². The summed E-state index contributed by atoms with van der Waals surface area (Å²) in [6.07, 6.45) is 2.66. The molecule has 0 radical (unpaired) electrons. The van der Waals surface area contributed by atoms with Crippen molar-refractivity contribution in [1.29, 1.82) is 0 Å². The van der Waals surface area contributed by atoms with Crippen LogP contribution in [0.25, 0.3) is 11.1 Å². The second kappa shape index (κ2) is 10.7. The van der Waals surface area contributed by atoms with Gasteiger partial charge in [0.05, 0.1) is 0 Å². The Labute approximate surface area is 199 Å². The number of rotatable bonds is 9. The highest BCUT2D eigenvalue weighted by Gasteiger charge is 2.33. The molecule has 0 aliphatic heterocycles. The SMILES string of the molecule is CCC(CCC(=O)O)NC(=O)C1CCC(NC(=O)OCC2c3ccccc3-c3ccccc32)C1. The molecule has 2 aromatic rings. The fourth-order valence-corrected chi connectivity index (χ4v) is 5.15. The number of carbonyl (C=O) groups is 3. The normalized spacial score (nSPS) is 19.7. The summed E-state index contributed by atoms with van der Waals surface area (Å²) in [5, 5.41) is 14.8. The van der Waals surface area contributed by atoms with Gasteiger partial charge < -0.3 is 20.5 Å². The van der Waals surface area contributed by atoms with E-state index in [-0.39, 0.29) is 42.9 Å². The van der Waals surface area contributed by atoms with Gasteiger partial charge in [0.25, 0.3) is 0 Å². The number of benzene rings is 2. The second-order valence-corrected chi connectivity index (χ2v) is 9.22. The van der Waals surface area contributed by atoms with Gasteiger partial charge in [0.15, 0.2) is 0 Å². The minimum atomic E-state index is -0.860. The van der Waals surface area contributed by atoms with Gasteiger partial charge in [-0.1, -0.05) is 55.5 Å². The number of carboxylic acid groups (broad SMARTS) is 1. The fourth-order valence-electron chi connectivity index (χ4n) is 5.15. The van der Waals surface area contributed by atoms with Crippen LogP contribution in [0.15, 0.2) is 48.5 Å². The number of ether oxygens (including phenoxy) is 1. The first-order valence-corrected chi connectivity index (χ1v) is 12.1. The van der Waals surface area contributed by atoms with Crippen molar-refractivity contribution in [1.82, 2.24) is 10.6 Å². The molecule has 3 N–H and O–H groups in total. The molecule has 34 heavy (non-hydrogen) atoms. The van der Waals surface area contributed by atoms with E-state index in [1.807, 2.05) is 31.2 Å². The maximum absolute atomic E-state index is 12.6. The van der Waals surface area contributed by atoms with Crippen molar-refractivity contribution in [2.45, 2.75) is 63.5 Å². The largest absolute Gasteiger partial charge is 0.481 e. The van der Waals surface area contributed by atoms with Crippen LogP contribution in [0.1, 0.15) is 62.5 Å². The molecule has 3 unspecified atom stereocenters. The van der Waals surface area contributed by atoms with Gasteiger partial charge in [0.1, 0.15) is 6.61 Å². The van der Waals surface area contributed by atoms with Crippen LogP contribution in [0.4, 0.5) is 4.79 Å². The van der Waals surface area contributed by atoms with Crippen molar-refractivity contribution in [2.24, 2.45) is 5.92 Å². The molecule has 0 saturated heterocycles. The molecule has 3 atom stereocenters. The molecule has 0 bridgehead atoms. The topological polar surface area (TPSA) is 105 Å². The molecule has 0 spiro atoms. The molecular weight excluding hydrogens is 432 g/mol. The molecule has 180 valence electrons. The van der Waals surface area contributed by atoms with Crippen LogP contribution >= 0.6 is 0 Å². The van der Waals surface area contributed by atoms with E-state index in [0.717, 1.165) is 0 Å². The van der Waals surface area contributed by atoms with Crippen molar-refractivity contribution in [2.75, 3.05) is 6.61 Å². The van der Waals surface area contributed by atoms with E-state index in [1.54, 1.807) is 0 Å². The van der Waals surface area contributed by atoms with Crippen molar-refractivity contribution in [3.63, 3.8) is 0 Å². The number of carbonyl (C=O) groups excluding carboxylic acids is 2. The highest BCUT2D eigenvalue weighted by Crippen LogP contribution is 2.44. The number of amides is 2. The summed E-state index contributed by atoms with van der Waals surface area (Å²) in [6.45, 7) is 2.20. The summed E-state index contributed by atoms with van der Waals surface area (Å²) >= 11 is 0. The van der Waals surface area contributed by atoms with E-state index < -0.39 is 12.1 Å². The zero-order valence-electron chi connectivity index (χ0n) is 19.5. The highest BCUT2D eigenvalue weighted by molar-refractivity contribution is 5.80. The minimum Gasteiger partial charge on any atom is -0.481 e. The van der Waals surface area contributed by atoms with Gasteiger partial charge in [-0.15, -0.1) is 0 Å². The summed E-state index contributed by atoms with van der Waals surface area (Å²) in [6, 6.07) is 16.2. The molecule has 2 amide bonds. The first kappa shape index (κ1) is 23.8. The summed E-state index contributed by atoms with van der Waals surface area (Å²) in [5.74, 6) is -1.09. The molecule has 7 heteroatoms. The maximum Gasteiger partial charge on any atom is 0.407 e. The van der Waals surface area contributed by atoms with E-state index in [9.17, 15) is 14.4 Å². The van der Waals surface area contributed by atoms with Crippen LogP contribution in [0, 0.1) is 5.92 Å². The van der Waals surface area contributed by atoms with Crippen molar-refractivity contribution >= 4 is 18.0 Å². The quantitative estimate of drug-likeness (QED) is 0.508. The molecule has 1 fully saturated rings. The first-order valence-electron chi connectivity index (χ1n) is 12.1. The fraction of sp³-hybridized carbons (Fsp3) is 0.444. The number of hydrogen-bond acceptors (Lipinski definition) is 4. The summed E-state index contributed by atoms with van der Waals surface area (Å²) < 4.78 is 5.63. The molecular formula is C27H32N2O5. The predicted molar refractivity (Wildman–Crippen MR) is 128 cm³/mol. The molecule has 2 aliphatic carbocycles. The van der Waals surface area contributed by atoms with E-state index in [1.165, 1.54) is 22.3 Å². The summed E-state index contributed by atoms with van der Waals surface area (Å²) in [7, 11) is 0. The Balaban J connectivity index is 1.26. The number of hydrogen-bond donors (Lipinski definition) is 3. The Hall–Kier alpha value is -3.35. The Morgan fingerprint density at radius 2 is 1.68 bits per heavy atom. The molecule has 2 aliphatic rings. The van der Waals surface area contributed by atoms with Crippen LogP contribution < -0.4 is 10.6 Å². The number of alkyl carbamates (subject to hydrolysis) is 1. The first-order chi connectivity index (χ1) is 16.5. The van der Waals surface area contributed by atoms with Gasteiger partial charge in [0, 0.05) is 30.3 Å². The molecule has 7 nitrogen and oxygen atoms in total. The highest BCUT2D eigenvalue weighted by atomic mass is 16.5.